The molecule has 0 saturated carbocycles. The number of nitrogens with zero attached hydrogens (tertiary/aromatic N) is 5. The zero-order valence-corrected chi connectivity index (χ0v) is 31.7. The van der Waals surface area contributed by atoms with Crippen LogP contribution in [0.2, 0.25) is 0 Å². The van der Waals surface area contributed by atoms with Gasteiger partial charge in [0, 0.05) is 22.1 Å². The van der Waals surface area contributed by atoms with Gasteiger partial charge in [0.2, 0.25) is 5.71 Å². The van der Waals surface area contributed by atoms with Crippen molar-refractivity contribution in [3.63, 3.8) is 0 Å². The molecule has 0 amide bonds. The predicted molar refractivity (Wildman–Crippen MR) is 238 cm³/mol. The molecular formula is C53H33N5O. The first-order valence-corrected chi connectivity index (χ1v) is 19.6. The van der Waals surface area contributed by atoms with Gasteiger partial charge in [0.05, 0.1) is 11.0 Å². The highest BCUT2D eigenvalue weighted by Gasteiger charge is 2.15. The largest absolute Gasteiger partial charge is 0.436 e. The van der Waals surface area contributed by atoms with Crippen LogP contribution in [0.4, 0.5) is 0 Å². The number of hydrogen-bond acceptors (Lipinski definition) is 6. The minimum absolute atomic E-state index is 0.551. The molecule has 6 nitrogen and oxygen atoms in total. The second kappa shape index (κ2) is 14.4. The average Bonchev–Trinajstić information content (AvgIpc) is 3.68. The summed E-state index contributed by atoms with van der Waals surface area (Å²) in [6, 6.07) is 68.8. The highest BCUT2D eigenvalue weighted by atomic mass is 16.3. The molecule has 0 saturated heterocycles. The third kappa shape index (κ3) is 6.58. The van der Waals surface area contributed by atoms with Crippen LogP contribution in [0.15, 0.2) is 205 Å². The lowest BCUT2D eigenvalue weighted by Gasteiger charge is -2.11. The summed E-state index contributed by atoms with van der Waals surface area (Å²) in [7, 11) is 0. The Kier molecular flexibility index (Phi) is 8.37. The van der Waals surface area contributed by atoms with Crippen molar-refractivity contribution in [1.29, 1.82) is 0 Å². The highest BCUT2D eigenvalue weighted by molar-refractivity contribution is 6.04. The first-order valence-electron chi connectivity index (χ1n) is 19.6. The van der Waals surface area contributed by atoms with Crippen molar-refractivity contribution < 1.29 is 4.42 Å². The first kappa shape index (κ1) is 34.2. The first-order chi connectivity index (χ1) is 29.2. The van der Waals surface area contributed by atoms with E-state index in [-0.39, 0.29) is 0 Å². The van der Waals surface area contributed by atoms with Crippen molar-refractivity contribution in [2.45, 2.75) is 0 Å². The molecule has 3 aromatic heterocycles. The van der Waals surface area contributed by atoms with Gasteiger partial charge in [-0.15, -0.1) is 0 Å². The molecule has 11 aromatic rings. The van der Waals surface area contributed by atoms with Crippen LogP contribution in [0.25, 0.3) is 112 Å². The van der Waals surface area contributed by atoms with Crippen molar-refractivity contribution >= 4 is 33.2 Å². The van der Waals surface area contributed by atoms with E-state index < -0.39 is 0 Å². The van der Waals surface area contributed by atoms with Crippen LogP contribution >= 0.6 is 0 Å². The Labute approximate surface area is 340 Å². The predicted octanol–water partition coefficient (Wildman–Crippen LogP) is 13.4. The molecule has 0 bridgehead atoms. The lowest BCUT2D eigenvalue weighted by atomic mass is 9.96. The SMILES string of the molecule is c1ccc(-c2ccc(-c3nc(-c4ccccc4)nc(-c4cccc(-c5ccc(-c6cccc(-c7ccc8c(c7)oc7nc9ccccc9nc78)c6)cc5)c4)n3)cc2)cc1. The van der Waals surface area contributed by atoms with Crippen LogP contribution in [-0.2, 0) is 0 Å². The van der Waals surface area contributed by atoms with E-state index in [4.69, 9.17) is 29.3 Å². The molecule has 276 valence electrons. The molecular weight excluding hydrogens is 723 g/mol. The summed E-state index contributed by atoms with van der Waals surface area (Å²) in [6.07, 6.45) is 0. The van der Waals surface area contributed by atoms with Gasteiger partial charge in [0.1, 0.15) is 11.1 Å². The summed E-state index contributed by atoms with van der Waals surface area (Å²) >= 11 is 0. The summed E-state index contributed by atoms with van der Waals surface area (Å²) in [6.45, 7) is 0. The molecule has 0 atom stereocenters. The number of benzene rings is 8. The molecule has 0 spiro atoms. The van der Waals surface area contributed by atoms with Gasteiger partial charge in [-0.3, -0.25) is 0 Å². The van der Waals surface area contributed by atoms with Crippen LogP contribution < -0.4 is 0 Å². The summed E-state index contributed by atoms with van der Waals surface area (Å²) in [4.78, 5) is 24.5. The van der Waals surface area contributed by atoms with E-state index in [1.54, 1.807) is 0 Å². The fourth-order valence-corrected chi connectivity index (χ4v) is 7.68. The zero-order valence-electron chi connectivity index (χ0n) is 31.7. The van der Waals surface area contributed by atoms with E-state index in [0.29, 0.717) is 23.2 Å². The molecule has 6 heteroatoms. The standard InChI is InChI=1S/C53H33N5O/c1-3-11-34(12-4-1)35-25-27-39(28-26-35)51-56-50(38-13-5-2-6-14-38)57-52(58-51)44-18-10-16-41(32-44)37-23-21-36(22-24-37)40-15-9-17-42(31-40)43-29-30-45-48(33-43)59-53-49(45)54-46-19-7-8-20-47(46)55-53/h1-33H. The Balaban J connectivity index is 0.890. The molecule has 0 unspecified atom stereocenters. The summed E-state index contributed by atoms with van der Waals surface area (Å²) < 4.78 is 6.21. The normalized spacial score (nSPS) is 11.4. The van der Waals surface area contributed by atoms with Crippen LogP contribution in [0.1, 0.15) is 0 Å². The molecule has 3 heterocycles. The van der Waals surface area contributed by atoms with Crippen molar-refractivity contribution in [2.24, 2.45) is 0 Å². The molecule has 0 aliphatic heterocycles. The van der Waals surface area contributed by atoms with Crippen LogP contribution in [-0.4, -0.2) is 24.9 Å². The number of hydrogen-bond donors (Lipinski definition) is 0. The Morgan fingerprint density at radius 3 is 1.29 bits per heavy atom. The smallest absolute Gasteiger partial charge is 0.246 e. The lowest BCUT2D eigenvalue weighted by Crippen LogP contribution is -2.00. The lowest BCUT2D eigenvalue weighted by molar-refractivity contribution is 0.655. The Bertz CT molecular complexity index is 3310. The highest BCUT2D eigenvalue weighted by Crippen LogP contribution is 2.35. The van der Waals surface area contributed by atoms with Gasteiger partial charge in [-0.25, -0.2) is 24.9 Å². The Hall–Kier alpha value is -8.09. The number of rotatable bonds is 7. The monoisotopic (exact) mass is 755 g/mol. The third-order valence-electron chi connectivity index (χ3n) is 10.8. The van der Waals surface area contributed by atoms with Crippen molar-refractivity contribution in [2.75, 3.05) is 0 Å². The fourth-order valence-electron chi connectivity index (χ4n) is 7.68. The van der Waals surface area contributed by atoms with E-state index in [2.05, 4.69) is 140 Å². The number of furan rings is 1. The van der Waals surface area contributed by atoms with Crippen LogP contribution in [0.3, 0.4) is 0 Å². The molecule has 59 heavy (non-hydrogen) atoms. The van der Waals surface area contributed by atoms with Gasteiger partial charge < -0.3 is 4.42 Å². The van der Waals surface area contributed by atoms with Crippen molar-refractivity contribution in [1.82, 2.24) is 24.9 Å². The molecule has 0 aliphatic rings. The van der Waals surface area contributed by atoms with Crippen LogP contribution in [0, 0.1) is 0 Å². The van der Waals surface area contributed by atoms with E-state index in [0.717, 1.165) is 83.2 Å². The zero-order chi connectivity index (χ0) is 39.1. The number of para-hydroxylation sites is 2. The molecule has 0 fully saturated rings. The average molecular weight is 756 g/mol. The topological polar surface area (TPSA) is 77.6 Å². The summed E-state index contributed by atoms with van der Waals surface area (Å²) in [5, 5.41) is 0.958. The minimum Gasteiger partial charge on any atom is -0.436 e. The van der Waals surface area contributed by atoms with E-state index >= 15 is 0 Å². The minimum atomic E-state index is 0.551. The van der Waals surface area contributed by atoms with Gasteiger partial charge >= 0.3 is 0 Å². The van der Waals surface area contributed by atoms with Gasteiger partial charge in [-0.1, -0.05) is 164 Å². The maximum absolute atomic E-state index is 6.21. The fraction of sp³-hybridized carbons (Fsp3) is 0. The Morgan fingerprint density at radius 1 is 0.271 bits per heavy atom. The number of aromatic nitrogens is 5. The maximum Gasteiger partial charge on any atom is 0.246 e. The number of fused-ring (bicyclic) bond motifs is 4. The summed E-state index contributed by atoms with van der Waals surface area (Å²) in [5.74, 6) is 1.89. The quantitative estimate of drug-likeness (QED) is 0.161. The molecule has 0 aliphatic carbocycles. The molecule has 0 N–H and O–H groups in total. The van der Waals surface area contributed by atoms with Gasteiger partial charge in [0.25, 0.3) is 0 Å². The molecule has 8 aromatic carbocycles. The van der Waals surface area contributed by atoms with Gasteiger partial charge in [-0.05, 0) is 80.9 Å². The van der Waals surface area contributed by atoms with Crippen LogP contribution in [0.5, 0.6) is 0 Å². The van der Waals surface area contributed by atoms with Gasteiger partial charge in [-0.2, -0.15) is 0 Å². The summed E-state index contributed by atoms with van der Waals surface area (Å²) in [5.41, 5.74) is 15.5. The van der Waals surface area contributed by atoms with E-state index in [1.165, 1.54) is 5.56 Å². The molecule has 11 rings (SSSR count). The second-order valence-corrected chi connectivity index (χ2v) is 14.5. The van der Waals surface area contributed by atoms with Crippen molar-refractivity contribution in [3.05, 3.63) is 200 Å². The van der Waals surface area contributed by atoms with Crippen molar-refractivity contribution in [3.8, 4) is 78.7 Å². The second-order valence-electron chi connectivity index (χ2n) is 14.5. The van der Waals surface area contributed by atoms with Gasteiger partial charge in [0.15, 0.2) is 17.5 Å². The molecule has 0 radical (unpaired) electrons. The maximum atomic E-state index is 6.21. The Morgan fingerprint density at radius 2 is 0.661 bits per heavy atom. The van der Waals surface area contributed by atoms with E-state index in [1.807, 2.05) is 60.7 Å². The third-order valence-corrected chi connectivity index (χ3v) is 10.8. The van der Waals surface area contributed by atoms with E-state index in [9.17, 15) is 0 Å².